The van der Waals surface area contributed by atoms with Crippen LogP contribution in [0.3, 0.4) is 0 Å². The molecule has 1 saturated heterocycles. The van der Waals surface area contributed by atoms with E-state index in [4.69, 9.17) is 0 Å². The van der Waals surface area contributed by atoms with E-state index in [1.807, 2.05) is 0 Å². The third-order valence-corrected chi connectivity index (χ3v) is 5.74. The molecule has 0 spiro atoms. The maximum absolute atomic E-state index is 4.51. The van der Waals surface area contributed by atoms with Crippen LogP contribution in [0, 0.1) is 5.92 Å². The molecule has 0 radical (unpaired) electrons. The molecule has 2 rings (SSSR count). The molecule has 1 N–H and O–H groups in total. The van der Waals surface area contributed by atoms with Crippen LogP contribution >= 0.6 is 0 Å². The van der Waals surface area contributed by atoms with Crippen molar-refractivity contribution in [2.45, 2.75) is 41.1 Å². The molecule has 0 aromatic heterocycles. The Labute approximate surface area is 81.8 Å². The van der Waals surface area contributed by atoms with Gasteiger partial charge in [-0.1, -0.05) is 0 Å². The Kier molecular flexibility index (Phi) is 1.85. The summed E-state index contributed by atoms with van der Waals surface area (Å²) in [6.45, 7) is 1.05. The van der Waals surface area contributed by atoms with Crippen LogP contribution < -0.4 is 5.32 Å². The number of nitrogens with zero attached hydrogens (tertiary/aromatic N) is 1. The van der Waals surface area contributed by atoms with Crippen LogP contribution in [-0.4, -0.2) is 17.3 Å². The molecule has 0 aliphatic carbocycles. The van der Waals surface area contributed by atoms with Gasteiger partial charge in [-0.15, -0.1) is 0 Å². The van der Waals surface area contributed by atoms with Crippen LogP contribution in [0.5, 0.6) is 0 Å². The molecule has 2 aliphatic rings. The van der Waals surface area contributed by atoms with Gasteiger partial charge in [0, 0.05) is 0 Å². The Balaban J connectivity index is 2.16. The predicted molar refractivity (Wildman–Crippen MR) is 55.4 cm³/mol. The Morgan fingerprint density at radius 1 is 1.31 bits per heavy atom. The number of hydrogen-bond acceptors (Lipinski definition) is 2. The van der Waals surface area contributed by atoms with Crippen molar-refractivity contribution in [1.29, 1.82) is 0 Å². The fraction of sp³-hybridized carbons (Fsp3) is 0.900. The third-order valence-electron chi connectivity index (χ3n) is 2.75. The van der Waals surface area contributed by atoms with Gasteiger partial charge in [-0.2, -0.15) is 0 Å². The van der Waals surface area contributed by atoms with Gasteiger partial charge in [0.05, 0.1) is 0 Å². The summed E-state index contributed by atoms with van der Waals surface area (Å²) in [5.41, 5.74) is 0. The van der Waals surface area contributed by atoms with Gasteiger partial charge in [-0.05, 0) is 0 Å². The van der Waals surface area contributed by atoms with Crippen molar-refractivity contribution in [3.63, 3.8) is 0 Å². The minimum absolute atomic E-state index is 0.691. The monoisotopic (exact) mass is 232 g/mol. The predicted octanol–water partition coefficient (Wildman–Crippen LogP) is 2.61. The second kappa shape index (κ2) is 2.52. The molecular weight excluding hydrogens is 212 g/mol. The molecule has 0 aromatic carbocycles. The Morgan fingerprint density at radius 3 is 2.54 bits per heavy atom. The molecule has 0 aromatic rings. The molecule has 0 amide bonds. The van der Waals surface area contributed by atoms with Crippen LogP contribution in [0.25, 0.3) is 0 Å². The van der Waals surface area contributed by atoms with Crippen molar-refractivity contribution in [2.24, 2.45) is 10.9 Å². The summed E-state index contributed by atoms with van der Waals surface area (Å²) in [5.74, 6) is 11.8. The van der Waals surface area contributed by atoms with Crippen LogP contribution in [0.4, 0.5) is 0 Å². The topological polar surface area (TPSA) is 24.4 Å². The second-order valence-electron chi connectivity index (χ2n) is 5.05. The van der Waals surface area contributed by atoms with E-state index in [0.717, 1.165) is 12.5 Å². The van der Waals surface area contributed by atoms with Crippen molar-refractivity contribution in [3.05, 3.63) is 0 Å². The normalized spacial score (nSPS) is 36.0. The van der Waals surface area contributed by atoms with Crippen LogP contribution in [-0.2, 0) is 11.8 Å². The van der Waals surface area contributed by atoms with Gasteiger partial charge >= 0.3 is 81.5 Å². The van der Waals surface area contributed by atoms with Gasteiger partial charge in [-0.3, -0.25) is 0 Å². The van der Waals surface area contributed by atoms with Crippen molar-refractivity contribution in [2.75, 3.05) is 6.54 Å². The SMILES string of the molecule is [CH3][Cu]([CH3])([CH3])([CH3])[CH]1CC2CCN=C2N1. The summed E-state index contributed by atoms with van der Waals surface area (Å²) < 4.78 is 0. The summed E-state index contributed by atoms with van der Waals surface area (Å²) in [6.07, 6.45) is 2.60. The molecule has 2 nitrogen and oxygen atoms in total. The van der Waals surface area contributed by atoms with E-state index in [1.165, 1.54) is 18.7 Å². The molecule has 2 aliphatic heterocycles. The van der Waals surface area contributed by atoms with E-state index in [2.05, 4.69) is 33.6 Å². The van der Waals surface area contributed by atoms with E-state index in [0.29, 0.717) is 4.94 Å². The van der Waals surface area contributed by atoms with Gasteiger partial charge in [0.1, 0.15) is 0 Å². The molecule has 13 heavy (non-hydrogen) atoms. The Morgan fingerprint density at radius 2 is 2.00 bits per heavy atom. The molecule has 0 bridgehead atoms. The van der Waals surface area contributed by atoms with Crippen LogP contribution in [0.15, 0.2) is 4.99 Å². The van der Waals surface area contributed by atoms with Gasteiger partial charge < -0.3 is 0 Å². The Hall–Kier alpha value is -0.0105. The number of nitrogens with one attached hydrogen (secondary N) is 1. The van der Waals surface area contributed by atoms with Gasteiger partial charge in [0.2, 0.25) is 0 Å². The van der Waals surface area contributed by atoms with E-state index >= 15 is 0 Å². The van der Waals surface area contributed by atoms with Gasteiger partial charge in [0.15, 0.2) is 0 Å². The fourth-order valence-corrected chi connectivity index (χ4v) is 3.73. The van der Waals surface area contributed by atoms with E-state index in [-0.39, 0.29) is 0 Å². The third kappa shape index (κ3) is 1.77. The molecule has 0 saturated carbocycles. The van der Waals surface area contributed by atoms with E-state index in [1.54, 1.807) is 0 Å². The van der Waals surface area contributed by atoms with Gasteiger partial charge in [0.25, 0.3) is 0 Å². The molecular formula is C10H21CuN2. The standard InChI is InChI=1S/C6H9N2.4CH3.Cu/c1-3-7-6-5(1)2-4-8-6;;;;;/h3,5H,1-2,4H2,(H,7,8);4*1H3;. The van der Waals surface area contributed by atoms with Crippen molar-refractivity contribution >= 4 is 5.84 Å². The van der Waals surface area contributed by atoms with Crippen LogP contribution in [0.2, 0.25) is 23.3 Å². The zero-order valence-electron chi connectivity index (χ0n) is 9.02. The number of hydrogen-bond donors (Lipinski definition) is 1. The number of amidine groups is 1. The first kappa shape index (κ1) is 9.54. The molecule has 2 atom stereocenters. The number of rotatable bonds is 1. The van der Waals surface area contributed by atoms with Crippen LogP contribution in [0.1, 0.15) is 12.8 Å². The molecule has 2 heterocycles. The van der Waals surface area contributed by atoms with Crippen molar-refractivity contribution in [1.82, 2.24) is 5.32 Å². The van der Waals surface area contributed by atoms with E-state index in [9.17, 15) is 0 Å². The first-order valence-corrected chi connectivity index (χ1v) is 8.78. The van der Waals surface area contributed by atoms with Crippen molar-refractivity contribution < 1.29 is 11.8 Å². The molecule has 3 heteroatoms. The Bertz CT molecular complexity index is 253. The van der Waals surface area contributed by atoms with E-state index < -0.39 is 11.8 Å². The second-order valence-corrected chi connectivity index (χ2v) is 13.5. The first-order chi connectivity index (χ1) is 5.83. The summed E-state index contributed by atoms with van der Waals surface area (Å²) in [4.78, 5) is 5.21. The zero-order chi connectivity index (χ0) is 9.71. The summed E-state index contributed by atoms with van der Waals surface area (Å²) in [5, 5.41) is 3.63. The fourth-order valence-electron chi connectivity index (χ4n) is 1.89. The quantitative estimate of drug-likeness (QED) is 0.691. The summed E-state index contributed by atoms with van der Waals surface area (Å²) >= 11 is -1.16. The molecule has 1 fully saturated rings. The number of fused-ring (bicyclic) bond motifs is 1. The van der Waals surface area contributed by atoms with Crippen molar-refractivity contribution in [3.8, 4) is 0 Å². The van der Waals surface area contributed by atoms with Gasteiger partial charge in [-0.25, -0.2) is 0 Å². The summed E-state index contributed by atoms with van der Waals surface area (Å²) in [6, 6.07) is 0. The average molecular weight is 233 g/mol. The maximum atomic E-state index is 4.51. The zero-order valence-corrected chi connectivity index (χ0v) is 9.97. The minimum atomic E-state index is -1.16. The molecule has 2 unspecified atom stereocenters. The first-order valence-electron chi connectivity index (χ1n) is 4.47. The number of aliphatic imine (C=N–C) groups is 1. The average Bonchev–Trinajstić information content (AvgIpc) is 2.34. The summed E-state index contributed by atoms with van der Waals surface area (Å²) in [7, 11) is 0. The molecule has 82 valence electrons.